The summed E-state index contributed by atoms with van der Waals surface area (Å²) < 4.78 is 8.05. The van der Waals surface area contributed by atoms with Crippen molar-refractivity contribution in [3.8, 4) is 34.1 Å². The van der Waals surface area contributed by atoms with Gasteiger partial charge in [-0.05, 0) is 46.5 Å². The normalized spacial score (nSPS) is 11.8. The van der Waals surface area contributed by atoms with Crippen LogP contribution in [0.5, 0.6) is 5.75 Å². The van der Waals surface area contributed by atoms with Gasteiger partial charge in [0.25, 0.3) is 0 Å². The van der Waals surface area contributed by atoms with E-state index >= 15 is 0 Å². The first-order valence-corrected chi connectivity index (χ1v) is 17.5. The van der Waals surface area contributed by atoms with Crippen LogP contribution in [0.2, 0.25) is 10.0 Å². The molecule has 0 aliphatic heterocycles. The number of benzene rings is 4. The molecule has 0 radical (unpaired) electrons. The van der Waals surface area contributed by atoms with Crippen molar-refractivity contribution in [2.24, 2.45) is 0 Å². The summed E-state index contributed by atoms with van der Waals surface area (Å²) in [5.41, 5.74) is 8.00. The van der Waals surface area contributed by atoms with E-state index in [0.29, 0.717) is 57.7 Å². The van der Waals surface area contributed by atoms with Crippen molar-refractivity contribution in [2.45, 2.75) is 32.3 Å². The number of hydrogen-bond donors (Lipinski definition) is 5. The monoisotopic (exact) mass is 750 g/mol. The van der Waals surface area contributed by atoms with Gasteiger partial charge < -0.3 is 25.4 Å². The lowest BCUT2D eigenvalue weighted by Gasteiger charge is -2.18. The van der Waals surface area contributed by atoms with E-state index in [1.807, 2.05) is 71.5 Å². The van der Waals surface area contributed by atoms with Crippen LogP contribution in [-0.4, -0.2) is 61.9 Å². The Morgan fingerprint density at radius 1 is 0.906 bits per heavy atom. The Hall–Kier alpha value is -5.32. The van der Waals surface area contributed by atoms with Crippen molar-refractivity contribution in [1.82, 2.24) is 25.4 Å². The molecule has 1 atom stereocenters. The number of aromatic nitrogens is 3. The Labute approximate surface area is 316 Å². The quantitative estimate of drug-likeness (QED) is 0.0721. The van der Waals surface area contributed by atoms with E-state index in [1.165, 1.54) is 6.20 Å². The summed E-state index contributed by atoms with van der Waals surface area (Å²) in [5.74, 6) is -0.746. The largest absolute Gasteiger partial charge is 0.489 e. The molecule has 6 rings (SSSR count). The fourth-order valence-electron chi connectivity index (χ4n) is 5.98. The Bertz CT molecular complexity index is 2270. The lowest BCUT2D eigenvalue weighted by molar-refractivity contribution is -0.140. The molecule has 11 nitrogen and oxygen atoms in total. The summed E-state index contributed by atoms with van der Waals surface area (Å²) in [6.07, 6.45) is 4.87. The second-order valence-corrected chi connectivity index (χ2v) is 13.1. The summed E-state index contributed by atoms with van der Waals surface area (Å²) >= 11 is 13.9. The summed E-state index contributed by atoms with van der Waals surface area (Å²) in [5, 5.41) is 50.0. The molecule has 270 valence electrons. The van der Waals surface area contributed by atoms with E-state index < -0.39 is 18.6 Å². The molecular formula is C40H36Cl2N6O5. The average molecular weight is 752 g/mol. The number of carboxylic acids is 1. The minimum absolute atomic E-state index is 0.0587. The van der Waals surface area contributed by atoms with Gasteiger partial charge in [0.05, 0.1) is 42.1 Å². The van der Waals surface area contributed by atoms with Crippen LogP contribution in [0.4, 0.5) is 0 Å². The molecule has 0 spiro atoms. The van der Waals surface area contributed by atoms with E-state index in [-0.39, 0.29) is 19.8 Å². The standard InChI is InChI=1S/C40H36Cl2N6O5/c41-35-14-29(20-46-36(23-50)40(51)52)38(53-24-27-13-26(16-43)18-45-19-27)15-30(35)22-48-37-6-2-4-32(34(37)21-47-48)33-5-1-3-31(39(33)42)28-9-7-25(8-10-28)17-44-11-12-49/h1-10,13-15,18-19,21,36,44,46,49-50H,11-12,17,20,22-24H2,(H,51,52)/t36-/m0/s1. The number of nitriles is 1. The number of pyridine rings is 1. The van der Waals surface area contributed by atoms with Gasteiger partial charge in [-0.3, -0.25) is 19.8 Å². The predicted molar refractivity (Wildman–Crippen MR) is 204 cm³/mol. The first-order chi connectivity index (χ1) is 25.8. The fraction of sp³-hybridized carbons (Fsp3) is 0.200. The summed E-state index contributed by atoms with van der Waals surface area (Å²) in [7, 11) is 0. The molecule has 2 aromatic heterocycles. The Morgan fingerprint density at radius 2 is 1.68 bits per heavy atom. The zero-order chi connectivity index (χ0) is 37.3. The van der Waals surface area contributed by atoms with Crippen LogP contribution in [0.25, 0.3) is 33.2 Å². The second kappa shape index (κ2) is 17.5. The number of aliphatic hydroxyl groups excluding tert-OH is 2. The van der Waals surface area contributed by atoms with Crippen LogP contribution in [0.15, 0.2) is 97.5 Å². The Kier molecular flexibility index (Phi) is 12.3. The van der Waals surface area contributed by atoms with Crippen molar-refractivity contribution < 1.29 is 24.9 Å². The van der Waals surface area contributed by atoms with Gasteiger partial charge in [0.2, 0.25) is 0 Å². The molecule has 2 heterocycles. The molecular weight excluding hydrogens is 715 g/mol. The van der Waals surface area contributed by atoms with E-state index in [4.69, 9.17) is 38.1 Å². The van der Waals surface area contributed by atoms with E-state index in [1.54, 1.807) is 24.4 Å². The topological polar surface area (TPSA) is 166 Å². The molecule has 0 fully saturated rings. The zero-order valence-electron chi connectivity index (χ0n) is 28.5. The molecule has 0 aliphatic rings. The number of ether oxygens (including phenoxy) is 1. The van der Waals surface area contributed by atoms with Gasteiger partial charge >= 0.3 is 5.97 Å². The van der Waals surface area contributed by atoms with Crippen LogP contribution in [0, 0.1) is 11.3 Å². The molecule has 0 bridgehead atoms. The zero-order valence-corrected chi connectivity index (χ0v) is 30.0. The van der Waals surface area contributed by atoms with Crippen molar-refractivity contribution in [1.29, 1.82) is 5.26 Å². The first-order valence-electron chi connectivity index (χ1n) is 16.8. The smallest absolute Gasteiger partial charge is 0.323 e. The third-order valence-corrected chi connectivity index (χ3v) is 9.51. The number of aliphatic hydroxyl groups is 2. The van der Waals surface area contributed by atoms with Gasteiger partial charge in [0, 0.05) is 64.7 Å². The molecule has 13 heteroatoms. The number of carboxylic acid groups (broad SMARTS) is 1. The number of halogens is 2. The Balaban J connectivity index is 1.29. The third kappa shape index (κ3) is 8.84. The van der Waals surface area contributed by atoms with Gasteiger partial charge in [0.1, 0.15) is 24.5 Å². The highest BCUT2D eigenvalue weighted by Crippen LogP contribution is 2.39. The van der Waals surface area contributed by atoms with E-state index in [2.05, 4.69) is 21.7 Å². The first kappa shape index (κ1) is 37.4. The minimum Gasteiger partial charge on any atom is -0.489 e. The number of aliphatic carboxylic acids is 1. The summed E-state index contributed by atoms with van der Waals surface area (Å²) in [6, 6.07) is 26.2. The van der Waals surface area contributed by atoms with Crippen LogP contribution >= 0.6 is 23.2 Å². The van der Waals surface area contributed by atoms with E-state index in [0.717, 1.165) is 38.7 Å². The van der Waals surface area contributed by atoms with Crippen molar-refractivity contribution in [3.63, 3.8) is 0 Å². The molecule has 0 aliphatic carbocycles. The van der Waals surface area contributed by atoms with Gasteiger partial charge in [-0.25, -0.2) is 0 Å². The molecule has 0 unspecified atom stereocenters. The number of nitrogens with one attached hydrogen (secondary N) is 2. The maximum atomic E-state index is 11.5. The maximum Gasteiger partial charge on any atom is 0.323 e. The number of nitrogens with zero attached hydrogens (tertiary/aromatic N) is 4. The Morgan fingerprint density at radius 3 is 2.43 bits per heavy atom. The van der Waals surface area contributed by atoms with Gasteiger partial charge in [-0.15, -0.1) is 0 Å². The second-order valence-electron chi connectivity index (χ2n) is 12.3. The predicted octanol–water partition coefficient (Wildman–Crippen LogP) is 6.19. The molecule has 4 aromatic carbocycles. The van der Waals surface area contributed by atoms with Gasteiger partial charge in [-0.2, -0.15) is 10.4 Å². The van der Waals surface area contributed by atoms with Gasteiger partial charge in [0.15, 0.2) is 0 Å². The highest BCUT2D eigenvalue weighted by atomic mass is 35.5. The van der Waals surface area contributed by atoms with Crippen molar-refractivity contribution in [3.05, 3.63) is 135 Å². The highest BCUT2D eigenvalue weighted by molar-refractivity contribution is 6.36. The van der Waals surface area contributed by atoms with Crippen LogP contribution in [-0.2, 0) is 31.0 Å². The highest BCUT2D eigenvalue weighted by Gasteiger charge is 2.19. The number of hydrogen-bond acceptors (Lipinski definition) is 9. The number of fused-ring (bicyclic) bond motifs is 1. The third-order valence-electron chi connectivity index (χ3n) is 8.75. The lowest BCUT2D eigenvalue weighted by atomic mass is 9.96. The summed E-state index contributed by atoms with van der Waals surface area (Å²) in [6.45, 7) is 1.14. The van der Waals surface area contributed by atoms with Crippen molar-refractivity contribution in [2.75, 3.05) is 19.8 Å². The molecule has 0 saturated carbocycles. The lowest BCUT2D eigenvalue weighted by Crippen LogP contribution is -2.39. The molecule has 0 amide bonds. The van der Waals surface area contributed by atoms with Crippen LogP contribution in [0.1, 0.15) is 27.8 Å². The summed E-state index contributed by atoms with van der Waals surface area (Å²) in [4.78, 5) is 15.6. The SMILES string of the molecule is N#Cc1cncc(COc2cc(Cn3ncc4c(-c5cccc(-c6ccc(CNCCO)cc6)c5Cl)cccc43)c(Cl)cc2CN[C@@H](CO)C(=O)O)c1. The molecule has 5 N–H and O–H groups in total. The molecule has 53 heavy (non-hydrogen) atoms. The van der Waals surface area contributed by atoms with Gasteiger partial charge in [-0.1, -0.05) is 77.8 Å². The molecule has 6 aromatic rings. The minimum atomic E-state index is -1.19. The fourth-order valence-corrected chi connectivity index (χ4v) is 6.57. The molecule has 0 saturated heterocycles. The number of rotatable bonds is 16. The van der Waals surface area contributed by atoms with Crippen LogP contribution < -0.4 is 15.4 Å². The number of carbonyl (C=O) groups is 1. The van der Waals surface area contributed by atoms with E-state index in [9.17, 15) is 20.3 Å². The average Bonchev–Trinajstić information content (AvgIpc) is 3.59. The van der Waals surface area contributed by atoms with Crippen molar-refractivity contribution >= 4 is 40.1 Å². The maximum absolute atomic E-state index is 11.5. The van der Waals surface area contributed by atoms with Crippen LogP contribution in [0.3, 0.4) is 0 Å².